The number of nitrogens with two attached hydrogens (primary N) is 1. The third-order valence-electron chi connectivity index (χ3n) is 2.29. The molecule has 0 saturated carbocycles. The van der Waals surface area contributed by atoms with Gasteiger partial charge >= 0.3 is 0 Å². The second-order valence-electron chi connectivity index (χ2n) is 3.63. The van der Waals surface area contributed by atoms with E-state index in [1.54, 1.807) is 19.9 Å². The monoisotopic (exact) mass is 264 g/mol. The molecule has 0 unspecified atom stereocenters. The highest BCUT2D eigenvalue weighted by Crippen LogP contribution is 2.17. The summed E-state index contributed by atoms with van der Waals surface area (Å²) in [4.78, 5) is 4.13. The van der Waals surface area contributed by atoms with Crippen LogP contribution >= 0.6 is 0 Å². The molecule has 0 fully saturated rings. The molecule has 1 aromatic heterocycles. The standard InChI is InChI=1S/C11H11FN4O.C2H6/c1-6-5-8(3-4-9(6)12)14-11(13)10-7(2)15-17-16-10;1-2/h3-5H,1-2H3,(H2,13,14);1-2H3. The lowest BCUT2D eigenvalue weighted by molar-refractivity contribution is 0.304. The Morgan fingerprint density at radius 1 is 1.26 bits per heavy atom. The molecule has 5 nitrogen and oxygen atoms in total. The first kappa shape index (κ1) is 14.8. The lowest BCUT2D eigenvalue weighted by atomic mass is 10.2. The Morgan fingerprint density at radius 2 is 1.95 bits per heavy atom. The van der Waals surface area contributed by atoms with Gasteiger partial charge in [-0.1, -0.05) is 19.0 Å². The van der Waals surface area contributed by atoms with Crippen molar-refractivity contribution in [2.75, 3.05) is 0 Å². The number of amidine groups is 1. The van der Waals surface area contributed by atoms with E-state index >= 15 is 0 Å². The molecule has 102 valence electrons. The van der Waals surface area contributed by atoms with E-state index in [1.807, 2.05) is 13.8 Å². The summed E-state index contributed by atoms with van der Waals surface area (Å²) < 4.78 is 17.6. The number of halogens is 1. The van der Waals surface area contributed by atoms with Gasteiger partial charge in [0.2, 0.25) is 0 Å². The molecule has 0 amide bonds. The van der Waals surface area contributed by atoms with Gasteiger partial charge in [-0.05, 0) is 42.8 Å². The van der Waals surface area contributed by atoms with Gasteiger partial charge in [0.1, 0.15) is 11.5 Å². The Labute approximate surface area is 111 Å². The maximum atomic E-state index is 13.1. The number of rotatable bonds is 2. The Kier molecular flexibility index (Phi) is 5.17. The minimum absolute atomic E-state index is 0.190. The predicted molar refractivity (Wildman–Crippen MR) is 71.9 cm³/mol. The molecular formula is C13H17FN4O. The minimum atomic E-state index is -0.276. The summed E-state index contributed by atoms with van der Waals surface area (Å²) in [5, 5.41) is 7.24. The van der Waals surface area contributed by atoms with Crippen LogP contribution in [0.25, 0.3) is 0 Å². The van der Waals surface area contributed by atoms with Crippen molar-refractivity contribution in [2.45, 2.75) is 27.7 Å². The number of nitrogens with zero attached hydrogens (tertiary/aromatic N) is 3. The van der Waals surface area contributed by atoms with E-state index in [2.05, 4.69) is 19.9 Å². The summed E-state index contributed by atoms with van der Waals surface area (Å²) >= 11 is 0. The highest BCUT2D eigenvalue weighted by molar-refractivity contribution is 5.97. The lowest BCUT2D eigenvalue weighted by Crippen LogP contribution is -2.14. The Morgan fingerprint density at radius 3 is 2.47 bits per heavy atom. The normalized spacial score (nSPS) is 10.9. The number of aliphatic imine (C=N–C) groups is 1. The molecule has 2 rings (SSSR count). The molecule has 6 heteroatoms. The highest BCUT2D eigenvalue weighted by Gasteiger charge is 2.09. The first-order valence-corrected chi connectivity index (χ1v) is 5.98. The summed E-state index contributed by atoms with van der Waals surface area (Å²) in [5.74, 6) is -0.0865. The molecule has 1 heterocycles. The zero-order chi connectivity index (χ0) is 14.4. The maximum Gasteiger partial charge on any atom is 0.172 e. The van der Waals surface area contributed by atoms with E-state index in [-0.39, 0.29) is 11.7 Å². The molecule has 0 aliphatic carbocycles. The van der Waals surface area contributed by atoms with Crippen LogP contribution in [-0.4, -0.2) is 16.1 Å². The van der Waals surface area contributed by atoms with Crippen LogP contribution < -0.4 is 5.73 Å². The average Bonchev–Trinajstić information content (AvgIpc) is 2.83. The van der Waals surface area contributed by atoms with Crippen molar-refractivity contribution in [3.8, 4) is 0 Å². The summed E-state index contributed by atoms with van der Waals surface area (Å²) in [6, 6.07) is 4.48. The predicted octanol–water partition coefficient (Wildman–Crippen LogP) is 2.89. The number of hydrogen-bond acceptors (Lipinski definition) is 4. The van der Waals surface area contributed by atoms with Crippen LogP contribution in [-0.2, 0) is 0 Å². The summed E-state index contributed by atoms with van der Waals surface area (Å²) in [5.41, 5.74) is 7.78. The van der Waals surface area contributed by atoms with Crippen LogP contribution in [0.5, 0.6) is 0 Å². The third-order valence-corrected chi connectivity index (χ3v) is 2.29. The van der Waals surface area contributed by atoms with E-state index in [0.29, 0.717) is 22.6 Å². The molecule has 0 aliphatic rings. The average molecular weight is 264 g/mol. The summed E-state index contributed by atoms with van der Waals surface area (Å²) in [6.45, 7) is 7.37. The van der Waals surface area contributed by atoms with Crippen molar-refractivity contribution in [1.29, 1.82) is 0 Å². The van der Waals surface area contributed by atoms with Gasteiger partial charge in [0.05, 0.1) is 5.69 Å². The van der Waals surface area contributed by atoms with E-state index < -0.39 is 0 Å². The van der Waals surface area contributed by atoms with Crippen molar-refractivity contribution in [3.05, 3.63) is 41.0 Å². The molecule has 2 aromatic rings. The maximum absolute atomic E-state index is 13.1. The van der Waals surface area contributed by atoms with E-state index in [1.165, 1.54) is 12.1 Å². The molecule has 0 atom stereocenters. The second-order valence-corrected chi connectivity index (χ2v) is 3.63. The van der Waals surface area contributed by atoms with E-state index in [4.69, 9.17) is 5.73 Å². The molecule has 0 radical (unpaired) electrons. The van der Waals surface area contributed by atoms with Gasteiger partial charge in [0, 0.05) is 0 Å². The van der Waals surface area contributed by atoms with Gasteiger partial charge < -0.3 is 5.73 Å². The molecular weight excluding hydrogens is 247 g/mol. The van der Waals surface area contributed by atoms with Crippen LogP contribution in [0.1, 0.15) is 30.8 Å². The van der Waals surface area contributed by atoms with Crippen LogP contribution in [0.15, 0.2) is 27.8 Å². The Bertz CT molecular complexity index is 578. The molecule has 0 aliphatic heterocycles. The molecule has 2 N–H and O–H groups in total. The first-order chi connectivity index (χ1) is 9.08. The highest BCUT2D eigenvalue weighted by atomic mass is 19.1. The van der Waals surface area contributed by atoms with Crippen LogP contribution in [0.4, 0.5) is 10.1 Å². The quantitative estimate of drug-likeness (QED) is 0.668. The fourth-order valence-electron chi connectivity index (χ4n) is 1.35. The van der Waals surface area contributed by atoms with Gasteiger partial charge in [-0.2, -0.15) is 0 Å². The SMILES string of the molecule is CC.Cc1cc(N=C(N)c2nonc2C)ccc1F. The van der Waals surface area contributed by atoms with Gasteiger partial charge in [-0.25, -0.2) is 14.0 Å². The van der Waals surface area contributed by atoms with Gasteiger partial charge in [0.25, 0.3) is 0 Å². The first-order valence-electron chi connectivity index (χ1n) is 5.98. The Hall–Kier alpha value is -2.24. The van der Waals surface area contributed by atoms with Crippen molar-refractivity contribution in [1.82, 2.24) is 10.3 Å². The molecule has 19 heavy (non-hydrogen) atoms. The molecule has 0 bridgehead atoms. The van der Waals surface area contributed by atoms with Gasteiger partial charge in [-0.3, -0.25) is 0 Å². The second kappa shape index (κ2) is 6.63. The van der Waals surface area contributed by atoms with Gasteiger partial charge in [0.15, 0.2) is 11.5 Å². The van der Waals surface area contributed by atoms with E-state index in [0.717, 1.165) is 0 Å². The largest absolute Gasteiger partial charge is 0.382 e. The van der Waals surface area contributed by atoms with Crippen LogP contribution in [0.2, 0.25) is 0 Å². The number of benzene rings is 1. The van der Waals surface area contributed by atoms with E-state index in [9.17, 15) is 4.39 Å². The van der Waals surface area contributed by atoms with Crippen LogP contribution in [0.3, 0.4) is 0 Å². The number of aromatic nitrogens is 2. The number of hydrogen-bond donors (Lipinski definition) is 1. The fourth-order valence-corrected chi connectivity index (χ4v) is 1.35. The fraction of sp³-hybridized carbons (Fsp3) is 0.308. The third kappa shape index (κ3) is 3.61. The molecule has 1 aromatic carbocycles. The van der Waals surface area contributed by atoms with Crippen molar-refractivity contribution in [3.63, 3.8) is 0 Å². The minimum Gasteiger partial charge on any atom is -0.382 e. The summed E-state index contributed by atoms with van der Waals surface area (Å²) in [6.07, 6.45) is 0. The molecule has 0 spiro atoms. The van der Waals surface area contributed by atoms with Crippen LogP contribution in [0, 0.1) is 19.7 Å². The topological polar surface area (TPSA) is 77.3 Å². The molecule has 0 saturated heterocycles. The van der Waals surface area contributed by atoms with Crippen molar-refractivity contribution < 1.29 is 9.02 Å². The number of aryl methyl sites for hydroxylation is 2. The zero-order valence-electron chi connectivity index (χ0n) is 11.4. The van der Waals surface area contributed by atoms with Crippen molar-refractivity contribution in [2.24, 2.45) is 10.7 Å². The lowest BCUT2D eigenvalue weighted by Gasteiger charge is -1.99. The van der Waals surface area contributed by atoms with Gasteiger partial charge in [-0.15, -0.1) is 0 Å². The summed E-state index contributed by atoms with van der Waals surface area (Å²) in [7, 11) is 0. The zero-order valence-corrected chi connectivity index (χ0v) is 11.4. The smallest absolute Gasteiger partial charge is 0.172 e. The Balaban J connectivity index is 0.000000861. The van der Waals surface area contributed by atoms with Crippen molar-refractivity contribution >= 4 is 11.5 Å².